The maximum atomic E-state index is 13.0. The van der Waals surface area contributed by atoms with Crippen molar-refractivity contribution >= 4 is 5.97 Å². The average molecular weight is 365 g/mol. The van der Waals surface area contributed by atoms with E-state index in [0.29, 0.717) is 32.5 Å². The second-order valence-corrected chi connectivity index (χ2v) is 7.89. The Bertz CT molecular complexity index is 708. The summed E-state index contributed by atoms with van der Waals surface area (Å²) < 4.78 is 19.3. The van der Waals surface area contributed by atoms with Gasteiger partial charge in [-0.2, -0.15) is 5.10 Å². The Balaban J connectivity index is 1.88. The largest absolute Gasteiger partial charge is 0.467 e. The Morgan fingerprint density at radius 3 is 2.62 bits per heavy atom. The van der Waals surface area contributed by atoms with Crippen molar-refractivity contribution in [2.45, 2.75) is 57.7 Å². The number of hydrogen-bond acceptors (Lipinski definition) is 5. The topological polar surface area (TPSA) is 64.4 Å². The number of alkyl halides is 1. The SMILES string of the molecule is COC(=O)C(CC(C)C)n1nc(CCN2CC(F)C2)cc(C2CC2)c1=O. The molecule has 1 unspecified atom stereocenters. The van der Waals surface area contributed by atoms with E-state index in [4.69, 9.17) is 4.74 Å². The minimum Gasteiger partial charge on any atom is -0.467 e. The summed E-state index contributed by atoms with van der Waals surface area (Å²) in [5, 5.41) is 4.50. The van der Waals surface area contributed by atoms with Crippen molar-refractivity contribution < 1.29 is 13.9 Å². The smallest absolute Gasteiger partial charge is 0.330 e. The van der Waals surface area contributed by atoms with E-state index in [2.05, 4.69) is 5.10 Å². The van der Waals surface area contributed by atoms with E-state index in [1.807, 2.05) is 24.8 Å². The van der Waals surface area contributed by atoms with Gasteiger partial charge >= 0.3 is 5.97 Å². The zero-order valence-corrected chi connectivity index (χ0v) is 15.8. The normalized spacial score (nSPS) is 19.4. The molecule has 1 aliphatic carbocycles. The lowest BCUT2D eigenvalue weighted by atomic mass is 10.0. The molecule has 0 N–H and O–H groups in total. The van der Waals surface area contributed by atoms with E-state index in [-0.39, 0.29) is 17.4 Å². The molecule has 2 heterocycles. The molecular formula is C19H28FN3O3. The van der Waals surface area contributed by atoms with E-state index in [1.54, 1.807) is 0 Å². The van der Waals surface area contributed by atoms with Gasteiger partial charge in [0.2, 0.25) is 0 Å². The predicted molar refractivity (Wildman–Crippen MR) is 96.0 cm³/mol. The first-order chi connectivity index (χ1) is 12.4. The van der Waals surface area contributed by atoms with Gasteiger partial charge in [0.05, 0.1) is 12.8 Å². The van der Waals surface area contributed by atoms with Gasteiger partial charge in [-0.1, -0.05) is 13.8 Å². The van der Waals surface area contributed by atoms with Gasteiger partial charge in [0.15, 0.2) is 6.04 Å². The number of carbonyl (C=O) groups is 1. The molecule has 3 rings (SSSR count). The number of rotatable bonds is 8. The molecule has 2 aliphatic rings. The van der Waals surface area contributed by atoms with Crippen LogP contribution in [0.1, 0.15) is 56.3 Å². The number of esters is 1. The molecule has 1 saturated heterocycles. The predicted octanol–water partition coefficient (Wildman–Crippen LogP) is 2.08. The number of carbonyl (C=O) groups excluding carboxylic acids is 1. The Morgan fingerprint density at radius 1 is 1.38 bits per heavy atom. The van der Waals surface area contributed by atoms with Gasteiger partial charge < -0.3 is 4.74 Å². The second kappa shape index (κ2) is 7.86. The first kappa shape index (κ1) is 19.0. The summed E-state index contributed by atoms with van der Waals surface area (Å²) in [4.78, 5) is 27.3. The minimum absolute atomic E-state index is 0.180. The zero-order valence-electron chi connectivity index (χ0n) is 15.8. The average Bonchev–Trinajstić information content (AvgIpc) is 3.40. The van der Waals surface area contributed by atoms with Gasteiger partial charge in [-0.3, -0.25) is 9.69 Å². The van der Waals surface area contributed by atoms with Gasteiger partial charge in [0.1, 0.15) is 6.17 Å². The van der Waals surface area contributed by atoms with E-state index < -0.39 is 18.2 Å². The quantitative estimate of drug-likeness (QED) is 0.660. The molecule has 1 atom stereocenters. The number of likely N-dealkylation sites (tertiary alicyclic amines) is 1. The lowest BCUT2D eigenvalue weighted by molar-refractivity contribution is -0.145. The van der Waals surface area contributed by atoms with Crippen LogP contribution in [0.4, 0.5) is 4.39 Å². The lowest BCUT2D eigenvalue weighted by Gasteiger charge is -2.34. The molecule has 0 spiro atoms. The molecule has 26 heavy (non-hydrogen) atoms. The highest BCUT2D eigenvalue weighted by Gasteiger charge is 2.32. The maximum Gasteiger partial charge on any atom is 0.330 e. The van der Waals surface area contributed by atoms with Crippen molar-refractivity contribution in [2.75, 3.05) is 26.7 Å². The first-order valence-corrected chi connectivity index (χ1v) is 9.46. The second-order valence-electron chi connectivity index (χ2n) is 7.89. The summed E-state index contributed by atoms with van der Waals surface area (Å²) in [7, 11) is 1.34. The Morgan fingerprint density at radius 2 is 2.08 bits per heavy atom. The van der Waals surface area contributed by atoms with Crippen molar-refractivity contribution in [3.63, 3.8) is 0 Å². The van der Waals surface area contributed by atoms with Crippen molar-refractivity contribution in [3.05, 3.63) is 27.7 Å². The third-order valence-electron chi connectivity index (χ3n) is 5.09. The number of aromatic nitrogens is 2. The molecule has 144 valence electrons. The molecule has 2 fully saturated rings. The molecule has 7 heteroatoms. The van der Waals surface area contributed by atoms with E-state index in [0.717, 1.165) is 24.1 Å². The molecule has 0 aromatic carbocycles. The fraction of sp³-hybridized carbons (Fsp3) is 0.737. The Kier molecular flexibility index (Phi) is 5.75. The van der Waals surface area contributed by atoms with Crippen LogP contribution in [-0.2, 0) is 16.0 Å². The third kappa shape index (κ3) is 4.31. The maximum absolute atomic E-state index is 13.0. The van der Waals surface area contributed by atoms with Crippen molar-refractivity contribution in [2.24, 2.45) is 5.92 Å². The molecule has 1 aromatic heterocycles. The fourth-order valence-corrected chi connectivity index (χ4v) is 3.45. The summed E-state index contributed by atoms with van der Waals surface area (Å²) in [5.74, 6) is 0.0608. The van der Waals surface area contributed by atoms with Crippen LogP contribution in [-0.4, -0.2) is 53.6 Å². The van der Waals surface area contributed by atoms with Crippen LogP contribution in [0, 0.1) is 5.92 Å². The molecule has 0 bridgehead atoms. The number of hydrogen-bond donors (Lipinski definition) is 0. The highest BCUT2D eigenvalue weighted by atomic mass is 19.1. The first-order valence-electron chi connectivity index (χ1n) is 9.46. The van der Waals surface area contributed by atoms with Crippen molar-refractivity contribution in [1.82, 2.24) is 14.7 Å². The van der Waals surface area contributed by atoms with Crippen LogP contribution in [0.25, 0.3) is 0 Å². The molecule has 1 aliphatic heterocycles. The third-order valence-corrected chi connectivity index (χ3v) is 5.09. The monoisotopic (exact) mass is 365 g/mol. The molecule has 6 nitrogen and oxygen atoms in total. The summed E-state index contributed by atoms with van der Waals surface area (Å²) in [5.41, 5.74) is 1.35. The molecule has 1 saturated carbocycles. The number of methoxy groups -OCH3 is 1. The van der Waals surface area contributed by atoms with Crippen LogP contribution in [0.2, 0.25) is 0 Å². The highest BCUT2D eigenvalue weighted by molar-refractivity contribution is 5.73. The van der Waals surface area contributed by atoms with Crippen LogP contribution in [0.5, 0.6) is 0 Å². The number of halogens is 1. The van der Waals surface area contributed by atoms with Crippen LogP contribution < -0.4 is 5.56 Å². The van der Waals surface area contributed by atoms with Crippen LogP contribution in [0.3, 0.4) is 0 Å². The molecule has 1 aromatic rings. The van der Waals surface area contributed by atoms with E-state index >= 15 is 0 Å². The Labute approximate surface area is 153 Å². The molecule has 0 amide bonds. The van der Waals surface area contributed by atoms with Gasteiger partial charge in [-0.15, -0.1) is 0 Å². The summed E-state index contributed by atoms with van der Waals surface area (Å²) >= 11 is 0. The molecule has 0 radical (unpaired) electrons. The zero-order chi connectivity index (χ0) is 18.8. The van der Waals surface area contributed by atoms with Crippen LogP contribution in [0.15, 0.2) is 10.9 Å². The van der Waals surface area contributed by atoms with Crippen molar-refractivity contribution in [3.8, 4) is 0 Å². The van der Waals surface area contributed by atoms with Gasteiger partial charge in [0, 0.05) is 31.6 Å². The number of nitrogens with zero attached hydrogens (tertiary/aromatic N) is 3. The summed E-state index contributed by atoms with van der Waals surface area (Å²) in [6.45, 7) is 5.65. The standard InChI is InChI=1S/C19H28FN3O3/c1-12(2)8-17(19(25)26-3)23-18(24)16(13-4-5-13)9-15(21-23)6-7-22-10-14(20)11-22/h9,12-14,17H,4-8,10-11H2,1-3H3. The fourth-order valence-electron chi connectivity index (χ4n) is 3.45. The van der Waals surface area contributed by atoms with E-state index in [9.17, 15) is 14.0 Å². The number of ether oxygens (including phenoxy) is 1. The van der Waals surface area contributed by atoms with E-state index in [1.165, 1.54) is 11.8 Å². The van der Waals surface area contributed by atoms with Gasteiger partial charge in [0.25, 0.3) is 5.56 Å². The van der Waals surface area contributed by atoms with Gasteiger partial charge in [-0.25, -0.2) is 13.9 Å². The van der Waals surface area contributed by atoms with Crippen molar-refractivity contribution in [1.29, 1.82) is 0 Å². The minimum atomic E-state index is -0.728. The van der Waals surface area contributed by atoms with Crippen LogP contribution >= 0.6 is 0 Å². The Hall–Kier alpha value is -1.76. The summed E-state index contributed by atoms with van der Waals surface area (Å²) in [6.07, 6.45) is 2.42. The lowest BCUT2D eigenvalue weighted by Crippen LogP contribution is -2.49. The highest BCUT2D eigenvalue weighted by Crippen LogP contribution is 2.38. The summed E-state index contributed by atoms with van der Waals surface area (Å²) in [6, 6.07) is 1.18. The molecular weight excluding hydrogens is 337 g/mol. The van der Waals surface area contributed by atoms with Gasteiger partial charge in [-0.05, 0) is 37.2 Å².